The highest BCUT2D eigenvalue weighted by molar-refractivity contribution is 5.82. The van der Waals surface area contributed by atoms with E-state index in [0.29, 0.717) is 6.42 Å². The van der Waals surface area contributed by atoms with E-state index < -0.39 is 0 Å². The molecule has 2 aromatic rings. The molecule has 0 aliphatic rings. The maximum Gasteiger partial charge on any atom is 0.130 e. The number of fused-ring (bicyclic) bond motifs is 1. The van der Waals surface area contributed by atoms with Crippen LogP contribution in [0.1, 0.15) is 24.6 Å². The van der Waals surface area contributed by atoms with Crippen molar-refractivity contribution in [2.75, 3.05) is 0 Å². The zero-order valence-electron chi connectivity index (χ0n) is 10.1. The quantitative estimate of drug-likeness (QED) is 0.771. The minimum absolute atomic E-state index is 0.254. The number of carbonyl (C=O) groups excluding carboxylic acids is 1. The number of aromatic nitrogens is 1. The van der Waals surface area contributed by atoms with Crippen molar-refractivity contribution in [2.24, 2.45) is 7.05 Å². The largest absolute Gasteiger partial charge is 0.348 e. The Morgan fingerprint density at radius 3 is 2.75 bits per heavy atom. The van der Waals surface area contributed by atoms with Gasteiger partial charge in [0.2, 0.25) is 0 Å². The highest BCUT2D eigenvalue weighted by Gasteiger charge is 2.03. The fourth-order valence-corrected chi connectivity index (χ4v) is 2.01. The van der Waals surface area contributed by atoms with Crippen LogP contribution in [-0.2, 0) is 18.3 Å². The van der Waals surface area contributed by atoms with E-state index in [0.717, 1.165) is 6.42 Å². The Balaban J connectivity index is 2.33. The van der Waals surface area contributed by atoms with Gasteiger partial charge in [-0.1, -0.05) is 6.07 Å². The van der Waals surface area contributed by atoms with Crippen molar-refractivity contribution < 1.29 is 4.79 Å². The second-order valence-electron chi connectivity index (χ2n) is 4.44. The van der Waals surface area contributed by atoms with Gasteiger partial charge >= 0.3 is 0 Å². The lowest BCUT2D eigenvalue weighted by Gasteiger charge is -2.01. The van der Waals surface area contributed by atoms with Gasteiger partial charge in [0.15, 0.2) is 0 Å². The molecule has 0 bridgehead atoms. The third kappa shape index (κ3) is 2.01. The maximum absolute atomic E-state index is 10.9. The average Bonchev–Trinajstić information content (AvgIpc) is 2.52. The summed E-state index contributed by atoms with van der Waals surface area (Å²) in [5, 5.41) is 1.26. The number of benzene rings is 1. The van der Waals surface area contributed by atoms with Gasteiger partial charge in [-0.05, 0) is 44.0 Å². The molecule has 0 radical (unpaired) electrons. The van der Waals surface area contributed by atoms with Gasteiger partial charge in [-0.15, -0.1) is 0 Å². The van der Waals surface area contributed by atoms with Crippen LogP contribution < -0.4 is 0 Å². The van der Waals surface area contributed by atoms with E-state index in [1.54, 1.807) is 6.92 Å². The van der Waals surface area contributed by atoms with E-state index in [1.165, 1.54) is 22.2 Å². The Bertz CT molecular complexity index is 537. The third-order valence-corrected chi connectivity index (χ3v) is 3.11. The summed E-state index contributed by atoms with van der Waals surface area (Å²) in [6.07, 6.45) is 1.48. The SMILES string of the molecule is CC(=O)CCc1ccc2c(c1)cc(C)n2C. The molecule has 1 aromatic heterocycles. The molecule has 0 aliphatic carbocycles. The number of nitrogens with zero attached hydrogens (tertiary/aromatic N) is 1. The Morgan fingerprint density at radius 1 is 1.31 bits per heavy atom. The summed E-state index contributed by atoms with van der Waals surface area (Å²) in [5.74, 6) is 0.254. The molecule has 0 N–H and O–H groups in total. The second kappa shape index (κ2) is 4.12. The normalized spacial score (nSPS) is 10.9. The molecule has 0 saturated carbocycles. The lowest BCUT2D eigenvalue weighted by atomic mass is 10.1. The van der Waals surface area contributed by atoms with Crippen LogP contribution in [0, 0.1) is 6.92 Å². The number of ketones is 1. The summed E-state index contributed by atoms with van der Waals surface area (Å²) < 4.78 is 2.18. The number of rotatable bonds is 3. The molecule has 2 rings (SSSR count). The zero-order valence-corrected chi connectivity index (χ0v) is 10.1. The van der Waals surface area contributed by atoms with Crippen LogP contribution in [0.5, 0.6) is 0 Å². The molecule has 0 amide bonds. The third-order valence-electron chi connectivity index (χ3n) is 3.11. The van der Waals surface area contributed by atoms with E-state index in [9.17, 15) is 4.79 Å². The van der Waals surface area contributed by atoms with Gasteiger partial charge in [0.05, 0.1) is 0 Å². The number of carbonyl (C=O) groups is 1. The number of Topliss-reactive ketones (excluding diaryl/α,β-unsaturated/α-hetero) is 1. The maximum atomic E-state index is 10.9. The lowest BCUT2D eigenvalue weighted by molar-refractivity contribution is -0.116. The van der Waals surface area contributed by atoms with E-state index in [2.05, 4.69) is 42.8 Å². The van der Waals surface area contributed by atoms with Gasteiger partial charge in [-0.2, -0.15) is 0 Å². The minimum atomic E-state index is 0.254. The molecule has 2 heteroatoms. The molecule has 0 unspecified atom stereocenters. The summed E-state index contributed by atoms with van der Waals surface area (Å²) >= 11 is 0. The molecule has 0 saturated heterocycles. The highest BCUT2D eigenvalue weighted by atomic mass is 16.1. The number of aryl methyl sites for hydroxylation is 3. The van der Waals surface area contributed by atoms with Gasteiger partial charge < -0.3 is 9.36 Å². The van der Waals surface area contributed by atoms with Crippen LogP contribution in [0.25, 0.3) is 10.9 Å². The van der Waals surface area contributed by atoms with Gasteiger partial charge in [0.1, 0.15) is 5.78 Å². The first-order valence-corrected chi connectivity index (χ1v) is 5.62. The van der Waals surface area contributed by atoms with E-state index in [1.807, 2.05) is 0 Å². The topological polar surface area (TPSA) is 22.0 Å². The first-order chi connectivity index (χ1) is 7.58. The van der Waals surface area contributed by atoms with Crippen molar-refractivity contribution in [1.29, 1.82) is 0 Å². The predicted octanol–water partition coefficient (Wildman–Crippen LogP) is 3.01. The van der Waals surface area contributed by atoms with Crippen LogP contribution >= 0.6 is 0 Å². The number of hydrogen-bond donors (Lipinski definition) is 0. The fourth-order valence-electron chi connectivity index (χ4n) is 2.01. The first-order valence-electron chi connectivity index (χ1n) is 5.62. The van der Waals surface area contributed by atoms with Crippen LogP contribution in [0.3, 0.4) is 0 Å². The van der Waals surface area contributed by atoms with Gasteiger partial charge in [-0.3, -0.25) is 0 Å². The van der Waals surface area contributed by atoms with Crippen molar-refractivity contribution in [1.82, 2.24) is 4.57 Å². The van der Waals surface area contributed by atoms with Gasteiger partial charge in [0, 0.05) is 30.1 Å². The summed E-state index contributed by atoms with van der Waals surface area (Å²) in [5.41, 5.74) is 3.76. The van der Waals surface area contributed by atoms with Gasteiger partial charge in [-0.25, -0.2) is 0 Å². The molecule has 2 nitrogen and oxygen atoms in total. The van der Waals surface area contributed by atoms with Crippen LogP contribution in [0.2, 0.25) is 0 Å². The molecule has 0 atom stereocenters. The lowest BCUT2D eigenvalue weighted by Crippen LogP contribution is -1.94. The van der Waals surface area contributed by atoms with Crippen molar-refractivity contribution >= 4 is 16.7 Å². The van der Waals surface area contributed by atoms with Gasteiger partial charge in [0.25, 0.3) is 0 Å². The van der Waals surface area contributed by atoms with Crippen LogP contribution in [0.4, 0.5) is 0 Å². The minimum Gasteiger partial charge on any atom is -0.348 e. The number of hydrogen-bond acceptors (Lipinski definition) is 1. The summed E-state index contributed by atoms with van der Waals surface area (Å²) in [7, 11) is 2.08. The Hall–Kier alpha value is -1.57. The molecular weight excluding hydrogens is 198 g/mol. The summed E-state index contributed by atoms with van der Waals surface area (Å²) in [6.45, 7) is 3.75. The molecule has 1 heterocycles. The Labute approximate surface area is 95.9 Å². The standard InChI is InChI=1S/C14H17NO/c1-10-8-13-9-12(5-4-11(2)16)6-7-14(13)15(10)3/h6-9H,4-5H2,1-3H3. The average molecular weight is 215 g/mol. The van der Waals surface area contributed by atoms with Crippen molar-refractivity contribution in [3.63, 3.8) is 0 Å². The summed E-state index contributed by atoms with van der Waals surface area (Å²) in [4.78, 5) is 10.9. The molecule has 16 heavy (non-hydrogen) atoms. The molecule has 1 aromatic carbocycles. The predicted molar refractivity (Wildman–Crippen MR) is 66.7 cm³/mol. The van der Waals surface area contributed by atoms with Crippen molar-refractivity contribution in [2.45, 2.75) is 26.7 Å². The Kier molecular flexibility index (Phi) is 2.82. The second-order valence-corrected chi connectivity index (χ2v) is 4.44. The van der Waals surface area contributed by atoms with E-state index >= 15 is 0 Å². The molecule has 84 valence electrons. The smallest absolute Gasteiger partial charge is 0.130 e. The van der Waals surface area contributed by atoms with E-state index in [4.69, 9.17) is 0 Å². The van der Waals surface area contributed by atoms with Crippen molar-refractivity contribution in [3.8, 4) is 0 Å². The molecule has 0 aliphatic heterocycles. The molecule has 0 fully saturated rings. The fraction of sp³-hybridized carbons (Fsp3) is 0.357. The monoisotopic (exact) mass is 215 g/mol. The zero-order chi connectivity index (χ0) is 11.7. The van der Waals surface area contributed by atoms with Crippen LogP contribution in [-0.4, -0.2) is 10.4 Å². The van der Waals surface area contributed by atoms with E-state index in [-0.39, 0.29) is 5.78 Å². The highest BCUT2D eigenvalue weighted by Crippen LogP contribution is 2.20. The first kappa shape index (κ1) is 10.9. The van der Waals surface area contributed by atoms with Crippen LogP contribution in [0.15, 0.2) is 24.3 Å². The summed E-state index contributed by atoms with van der Waals surface area (Å²) in [6, 6.07) is 8.63. The van der Waals surface area contributed by atoms with Crippen molar-refractivity contribution in [3.05, 3.63) is 35.5 Å². The Morgan fingerprint density at radius 2 is 2.06 bits per heavy atom. The molecular formula is C14H17NO. The molecule has 0 spiro atoms.